The van der Waals surface area contributed by atoms with Gasteiger partial charge in [-0.1, -0.05) is 46.0 Å². The van der Waals surface area contributed by atoms with E-state index >= 15 is 0 Å². The Kier molecular flexibility index (Phi) is 8.90. The second-order valence-corrected chi connectivity index (χ2v) is 4.94. The Morgan fingerprint density at radius 1 is 0.875 bits per heavy atom. The largest absolute Gasteiger partial charge is 0.396 e. The first-order valence-corrected chi connectivity index (χ1v) is 6.49. The van der Waals surface area contributed by atoms with Gasteiger partial charge in [0, 0.05) is 5.41 Å². The highest BCUT2D eigenvalue weighted by molar-refractivity contribution is 4.82. The van der Waals surface area contributed by atoms with Crippen molar-refractivity contribution in [3.05, 3.63) is 0 Å². The molecule has 0 spiro atoms. The van der Waals surface area contributed by atoms with Crippen molar-refractivity contribution in [3.8, 4) is 0 Å². The Morgan fingerprint density at radius 3 is 1.81 bits per heavy atom. The lowest BCUT2D eigenvalue weighted by Crippen LogP contribution is -2.40. The Balaban J connectivity index is 3.88. The molecular weight excluding hydrogens is 204 g/mol. The minimum atomic E-state index is -0.704. The van der Waals surface area contributed by atoms with E-state index in [9.17, 15) is 15.3 Å². The zero-order valence-corrected chi connectivity index (χ0v) is 10.8. The van der Waals surface area contributed by atoms with Gasteiger partial charge in [-0.25, -0.2) is 0 Å². The van der Waals surface area contributed by atoms with Crippen molar-refractivity contribution < 1.29 is 15.3 Å². The molecule has 0 saturated heterocycles. The molecule has 3 N–H and O–H groups in total. The van der Waals surface area contributed by atoms with E-state index in [1.54, 1.807) is 0 Å². The third-order valence-electron chi connectivity index (χ3n) is 3.73. The highest BCUT2D eigenvalue weighted by atomic mass is 16.3. The molecule has 98 valence electrons. The highest BCUT2D eigenvalue weighted by Crippen LogP contribution is 2.30. The molecule has 0 bridgehead atoms. The molecular formula is C13H28O3. The number of hydrogen-bond donors (Lipinski definition) is 3. The SMILES string of the molecule is CCCCCCCC(C)C(CO)(CO)CO. The average Bonchev–Trinajstić information content (AvgIpc) is 2.32. The third kappa shape index (κ3) is 4.81. The zero-order chi connectivity index (χ0) is 12.4. The molecule has 0 aromatic heterocycles. The number of hydrogen-bond acceptors (Lipinski definition) is 3. The molecule has 0 aromatic carbocycles. The molecule has 0 radical (unpaired) electrons. The fourth-order valence-electron chi connectivity index (χ4n) is 1.98. The van der Waals surface area contributed by atoms with Crippen LogP contribution in [0.1, 0.15) is 52.4 Å². The Hall–Kier alpha value is -0.120. The monoisotopic (exact) mass is 232 g/mol. The summed E-state index contributed by atoms with van der Waals surface area (Å²) in [5, 5.41) is 27.8. The maximum absolute atomic E-state index is 9.27. The molecule has 3 nitrogen and oxygen atoms in total. The fraction of sp³-hybridized carbons (Fsp3) is 1.00. The van der Waals surface area contributed by atoms with Crippen LogP contribution < -0.4 is 0 Å². The van der Waals surface area contributed by atoms with Crippen LogP contribution in [0, 0.1) is 11.3 Å². The molecule has 0 aromatic rings. The summed E-state index contributed by atoms with van der Waals surface area (Å²) in [6, 6.07) is 0. The zero-order valence-electron chi connectivity index (χ0n) is 10.8. The Labute approximate surface area is 99.5 Å². The first kappa shape index (κ1) is 15.9. The summed E-state index contributed by atoms with van der Waals surface area (Å²) in [6.07, 6.45) is 7.06. The molecule has 0 rings (SSSR count). The van der Waals surface area contributed by atoms with Crippen molar-refractivity contribution in [2.75, 3.05) is 19.8 Å². The van der Waals surface area contributed by atoms with Gasteiger partial charge in [-0.2, -0.15) is 0 Å². The van der Waals surface area contributed by atoms with Crippen molar-refractivity contribution in [3.63, 3.8) is 0 Å². The van der Waals surface area contributed by atoms with Crippen molar-refractivity contribution >= 4 is 0 Å². The number of unbranched alkanes of at least 4 members (excludes halogenated alkanes) is 4. The van der Waals surface area contributed by atoms with E-state index < -0.39 is 5.41 Å². The van der Waals surface area contributed by atoms with E-state index in [4.69, 9.17) is 0 Å². The van der Waals surface area contributed by atoms with E-state index in [2.05, 4.69) is 6.92 Å². The van der Waals surface area contributed by atoms with Crippen LogP contribution in [0.15, 0.2) is 0 Å². The lowest BCUT2D eigenvalue weighted by Gasteiger charge is -2.34. The molecule has 0 amide bonds. The lowest BCUT2D eigenvalue weighted by molar-refractivity contribution is -0.0361. The van der Waals surface area contributed by atoms with Gasteiger partial charge in [-0.05, 0) is 12.3 Å². The van der Waals surface area contributed by atoms with E-state index in [0.717, 1.165) is 12.8 Å². The van der Waals surface area contributed by atoms with Crippen molar-refractivity contribution in [1.82, 2.24) is 0 Å². The van der Waals surface area contributed by atoms with Crippen LogP contribution >= 0.6 is 0 Å². The molecule has 0 aliphatic rings. The average molecular weight is 232 g/mol. The van der Waals surface area contributed by atoms with E-state index in [1.807, 2.05) is 6.92 Å². The van der Waals surface area contributed by atoms with Crippen LogP contribution in [0.2, 0.25) is 0 Å². The smallest absolute Gasteiger partial charge is 0.0534 e. The fourth-order valence-corrected chi connectivity index (χ4v) is 1.98. The second-order valence-electron chi connectivity index (χ2n) is 4.94. The molecule has 3 heteroatoms. The van der Waals surface area contributed by atoms with Gasteiger partial charge in [0.2, 0.25) is 0 Å². The Bertz CT molecular complexity index is 147. The Morgan fingerprint density at radius 2 is 1.38 bits per heavy atom. The van der Waals surface area contributed by atoms with Crippen LogP contribution in [0.25, 0.3) is 0 Å². The molecule has 0 aliphatic heterocycles. The van der Waals surface area contributed by atoms with Crippen LogP contribution in [-0.4, -0.2) is 35.1 Å². The predicted octanol–water partition coefficient (Wildman–Crippen LogP) is 1.95. The van der Waals surface area contributed by atoms with Crippen molar-refractivity contribution in [2.45, 2.75) is 52.4 Å². The molecule has 0 saturated carbocycles. The van der Waals surface area contributed by atoms with Crippen LogP contribution in [0.5, 0.6) is 0 Å². The summed E-state index contributed by atoms with van der Waals surface area (Å²) in [6.45, 7) is 3.77. The molecule has 0 aliphatic carbocycles. The first-order chi connectivity index (χ1) is 7.66. The maximum atomic E-state index is 9.27. The minimum Gasteiger partial charge on any atom is -0.396 e. The van der Waals surface area contributed by atoms with Gasteiger partial charge in [0.15, 0.2) is 0 Å². The molecule has 0 fully saturated rings. The van der Waals surface area contributed by atoms with Crippen molar-refractivity contribution in [1.29, 1.82) is 0 Å². The van der Waals surface area contributed by atoms with Gasteiger partial charge in [0.1, 0.15) is 0 Å². The maximum Gasteiger partial charge on any atom is 0.0534 e. The number of aliphatic hydroxyl groups excluding tert-OH is 3. The highest BCUT2D eigenvalue weighted by Gasteiger charge is 2.34. The normalized spacial score (nSPS) is 14.1. The standard InChI is InChI=1S/C13H28O3/c1-3-4-5-6-7-8-12(2)13(9-14,10-15)11-16/h12,14-16H,3-11H2,1-2H3. The van der Waals surface area contributed by atoms with Gasteiger partial charge >= 0.3 is 0 Å². The topological polar surface area (TPSA) is 60.7 Å². The van der Waals surface area contributed by atoms with Gasteiger partial charge in [0.05, 0.1) is 19.8 Å². The summed E-state index contributed by atoms with van der Waals surface area (Å²) >= 11 is 0. The lowest BCUT2D eigenvalue weighted by atomic mass is 9.75. The number of aliphatic hydroxyl groups is 3. The van der Waals surface area contributed by atoms with Crippen LogP contribution in [0.3, 0.4) is 0 Å². The third-order valence-corrected chi connectivity index (χ3v) is 3.73. The van der Waals surface area contributed by atoms with Gasteiger partial charge in [-0.3, -0.25) is 0 Å². The van der Waals surface area contributed by atoms with Gasteiger partial charge in [0.25, 0.3) is 0 Å². The summed E-state index contributed by atoms with van der Waals surface area (Å²) in [4.78, 5) is 0. The molecule has 0 heterocycles. The van der Waals surface area contributed by atoms with E-state index in [-0.39, 0.29) is 25.7 Å². The van der Waals surface area contributed by atoms with Gasteiger partial charge in [-0.15, -0.1) is 0 Å². The number of rotatable bonds is 10. The summed E-state index contributed by atoms with van der Waals surface area (Å²) < 4.78 is 0. The molecule has 1 unspecified atom stereocenters. The summed E-state index contributed by atoms with van der Waals surface area (Å²) in [5.41, 5.74) is -0.704. The van der Waals surface area contributed by atoms with Gasteiger partial charge < -0.3 is 15.3 Å². The van der Waals surface area contributed by atoms with Crippen molar-refractivity contribution in [2.24, 2.45) is 11.3 Å². The first-order valence-electron chi connectivity index (χ1n) is 6.49. The summed E-state index contributed by atoms with van der Waals surface area (Å²) in [5.74, 6) is 0.161. The minimum absolute atomic E-state index is 0.143. The van der Waals surface area contributed by atoms with E-state index in [0.29, 0.717) is 0 Å². The molecule has 16 heavy (non-hydrogen) atoms. The van der Waals surface area contributed by atoms with Crippen LogP contribution in [0.4, 0.5) is 0 Å². The quantitative estimate of drug-likeness (QED) is 0.504. The molecule has 1 atom stereocenters. The second kappa shape index (κ2) is 8.97. The van der Waals surface area contributed by atoms with E-state index in [1.165, 1.54) is 25.7 Å². The predicted molar refractivity (Wildman–Crippen MR) is 66.2 cm³/mol. The summed E-state index contributed by atoms with van der Waals surface area (Å²) in [7, 11) is 0. The van der Waals surface area contributed by atoms with Crippen LogP contribution in [-0.2, 0) is 0 Å².